The fraction of sp³-hybridized carbons (Fsp3) is 0.412. The number of hydrogen-bond acceptors (Lipinski definition) is 3. The number of nitrogens with one attached hydrogen (secondary N) is 1. The molecule has 1 heterocycles. The number of amides is 1. The highest BCUT2D eigenvalue weighted by atomic mass is 35.5. The number of aliphatic hydroxyl groups excluding tert-OH is 1. The van der Waals surface area contributed by atoms with E-state index in [9.17, 15) is 9.90 Å². The molecular formula is C17H22ClN3O2. The van der Waals surface area contributed by atoms with E-state index in [1.54, 1.807) is 24.3 Å². The van der Waals surface area contributed by atoms with Gasteiger partial charge in [-0.05, 0) is 44.0 Å². The van der Waals surface area contributed by atoms with Gasteiger partial charge in [0.05, 0.1) is 18.2 Å². The van der Waals surface area contributed by atoms with Crippen molar-refractivity contribution in [3.05, 3.63) is 52.3 Å². The normalized spacial score (nSPS) is 12.2. The van der Waals surface area contributed by atoms with E-state index in [1.807, 2.05) is 24.6 Å². The van der Waals surface area contributed by atoms with Gasteiger partial charge in [0.1, 0.15) is 0 Å². The Morgan fingerprint density at radius 3 is 2.65 bits per heavy atom. The van der Waals surface area contributed by atoms with Crippen molar-refractivity contribution in [3.8, 4) is 0 Å². The van der Waals surface area contributed by atoms with Crippen LogP contribution in [0.2, 0.25) is 5.02 Å². The number of carbonyl (C=O) groups is 1. The minimum absolute atomic E-state index is 0.0432. The van der Waals surface area contributed by atoms with Crippen LogP contribution in [0.1, 0.15) is 35.9 Å². The summed E-state index contributed by atoms with van der Waals surface area (Å²) in [5, 5.41) is 17.8. The van der Waals surface area contributed by atoms with Crippen molar-refractivity contribution >= 4 is 17.5 Å². The first-order valence-corrected chi connectivity index (χ1v) is 8.05. The van der Waals surface area contributed by atoms with Crippen molar-refractivity contribution in [1.82, 2.24) is 15.1 Å². The van der Waals surface area contributed by atoms with Gasteiger partial charge in [-0.25, -0.2) is 0 Å². The van der Waals surface area contributed by atoms with Gasteiger partial charge in [0.25, 0.3) is 0 Å². The van der Waals surface area contributed by atoms with Crippen LogP contribution >= 0.6 is 11.6 Å². The Labute approximate surface area is 141 Å². The molecule has 0 fully saturated rings. The maximum Gasteiger partial charge on any atom is 0.222 e. The molecule has 1 amide bonds. The number of halogens is 1. The second-order valence-corrected chi connectivity index (χ2v) is 6.06. The van der Waals surface area contributed by atoms with E-state index in [2.05, 4.69) is 10.4 Å². The van der Waals surface area contributed by atoms with Crippen LogP contribution in [0.3, 0.4) is 0 Å². The predicted molar refractivity (Wildman–Crippen MR) is 90.4 cm³/mol. The summed E-state index contributed by atoms with van der Waals surface area (Å²) in [5.41, 5.74) is 2.80. The summed E-state index contributed by atoms with van der Waals surface area (Å²) in [5.74, 6) is -0.166. The van der Waals surface area contributed by atoms with Gasteiger partial charge in [0, 0.05) is 23.8 Å². The van der Waals surface area contributed by atoms with Crippen molar-refractivity contribution in [2.24, 2.45) is 0 Å². The van der Waals surface area contributed by atoms with Gasteiger partial charge in [0.15, 0.2) is 0 Å². The van der Waals surface area contributed by atoms with Gasteiger partial charge in [-0.3, -0.25) is 9.48 Å². The summed E-state index contributed by atoms with van der Waals surface area (Å²) in [6.07, 6.45) is 0.0232. The van der Waals surface area contributed by atoms with E-state index in [0.29, 0.717) is 17.1 Å². The second-order valence-electron chi connectivity index (χ2n) is 5.63. The van der Waals surface area contributed by atoms with Crippen LogP contribution in [0.5, 0.6) is 0 Å². The Kier molecular flexibility index (Phi) is 6.19. The van der Waals surface area contributed by atoms with Crippen molar-refractivity contribution in [1.29, 1.82) is 0 Å². The third-order valence-corrected chi connectivity index (χ3v) is 3.86. The van der Waals surface area contributed by atoms with Crippen molar-refractivity contribution < 1.29 is 9.90 Å². The van der Waals surface area contributed by atoms with E-state index < -0.39 is 6.10 Å². The van der Waals surface area contributed by atoms with Crippen molar-refractivity contribution in [2.45, 2.75) is 39.3 Å². The van der Waals surface area contributed by atoms with Gasteiger partial charge >= 0.3 is 0 Å². The predicted octanol–water partition coefficient (Wildman–Crippen LogP) is 2.78. The second kappa shape index (κ2) is 8.13. The van der Waals surface area contributed by atoms with E-state index in [0.717, 1.165) is 24.4 Å². The van der Waals surface area contributed by atoms with E-state index in [4.69, 9.17) is 11.6 Å². The van der Waals surface area contributed by atoms with Crippen LogP contribution < -0.4 is 5.32 Å². The highest BCUT2D eigenvalue weighted by molar-refractivity contribution is 6.30. The number of hydrogen-bond donors (Lipinski definition) is 2. The fourth-order valence-electron chi connectivity index (χ4n) is 2.41. The number of aromatic nitrogens is 2. The first-order valence-electron chi connectivity index (χ1n) is 7.67. The lowest BCUT2D eigenvalue weighted by Gasteiger charge is -2.11. The van der Waals surface area contributed by atoms with E-state index in [1.165, 1.54) is 0 Å². The maximum absolute atomic E-state index is 11.9. The maximum atomic E-state index is 11.9. The number of carbonyl (C=O) groups excluding carboxylic acids is 1. The van der Waals surface area contributed by atoms with E-state index >= 15 is 0 Å². The molecule has 1 aromatic heterocycles. The summed E-state index contributed by atoms with van der Waals surface area (Å²) in [7, 11) is 0. The Bertz CT molecular complexity index is 652. The molecule has 2 N–H and O–H groups in total. The quantitative estimate of drug-likeness (QED) is 0.764. The molecule has 0 bridgehead atoms. The average molecular weight is 336 g/mol. The summed E-state index contributed by atoms with van der Waals surface area (Å²) in [6.45, 7) is 5.30. The molecule has 6 heteroatoms. The number of aliphatic hydroxyl groups is 1. The Morgan fingerprint density at radius 2 is 2.04 bits per heavy atom. The van der Waals surface area contributed by atoms with Crippen molar-refractivity contribution in [2.75, 3.05) is 6.54 Å². The Hall–Kier alpha value is -1.85. The zero-order chi connectivity index (χ0) is 16.8. The van der Waals surface area contributed by atoms with Gasteiger partial charge in [0.2, 0.25) is 5.91 Å². The molecular weight excluding hydrogens is 314 g/mol. The zero-order valence-electron chi connectivity index (χ0n) is 13.4. The molecule has 1 aromatic carbocycles. The molecule has 1 unspecified atom stereocenters. The lowest BCUT2D eigenvalue weighted by Crippen LogP contribution is -2.26. The number of rotatable bonds is 7. The highest BCUT2D eigenvalue weighted by Gasteiger charge is 2.12. The standard InChI is InChI=1S/C17H22ClN3O2/c1-12-10-13(2)21(20-12)9-3-8-19-17(23)11-16(22)14-4-6-15(18)7-5-14/h4-7,10,16,22H,3,8-9,11H2,1-2H3,(H,19,23). The SMILES string of the molecule is Cc1cc(C)n(CCCNC(=O)CC(O)c2ccc(Cl)cc2)n1. The van der Waals surface area contributed by atoms with Crippen LogP contribution in [0.25, 0.3) is 0 Å². The summed E-state index contributed by atoms with van der Waals surface area (Å²) in [4.78, 5) is 11.9. The summed E-state index contributed by atoms with van der Waals surface area (Å²) >= 11 is 5.80. The lowest BCUT2D eigenvalue weighted by atomic mass is 10.1. The molecule has 5 nitrogen and oxygen atoms in total. The molecule has 1 atom stereocenters. The average Bonchev–Trinajstić information content (AvgIpc) is 2.82. The molecule has 0 radical (unpaired) electrons. The molecule has 0 aliphatic heterocycles. The first kappa shape index (κ1) is 17.5. The lowest BCUT2D eigenvalue weighted by molar-refractivity contribution is -0.123. The minimum Gasteiger partial charge on any atom is -0.388 e. The molecule has 23 heavy (non-hydrogen) atoms. The summed E-state index contributed by atoms with van der Waals surface area (Å²) in [6, 6.07) is 8.88. The number of aryl methyl sites for hydroxylation is 3. The summed E-state index contributed by atoms with van der Waals surface area (Å²) < 4.78 is 1.93. The molecule has 0 spiro atoms. The zero-order valence-corrected chi connectivity index (χ0v) is 14.2. The molecule has 2 rings (SSSR count). The molecule has 2 aromatic rings. The minimum atomic E-state index is -0.816. The van der Waals surface area contributed by atoms with Crippen LogP contribution in [0, 0.1) is 13.8 Å². The number of nitrogens with zero attached hydrogens (tertiary/aromatic N) is 2. The fourth-order valence-corrected chi connectivity index (χ4v) is 2.53. The van der Waals surface area contributed by atoms with Crippen LogP contribution in [-0.4, -0.2) is 27.3 Å². The highest BCUT2D eigenvalue weighted by Crippen LogP contribution is 2.18. The van der Waals surface area contributed by atoms with Gasteiger partial charge in [-0.15, -0.1) is 0 Å². The molecule has 0 aliphatic rings. The smallest absolute Gasteiger partial charge is 0.222 e. The van der Waals surface area contributed by atoms with E-state index in [-0.39, 0.29) is 12.3 Å². The van der Waals surface area contributed by atoms with Crippen molar-refractivity contribution in [3.63, 3.8) is 0 Å². The van der Waals surface area contributed by atoms with Gasteiger partial charge in [-0.2, -0.15) is 5.10 Å². The number of benzene rings is 1. The molecule has 0 saturated carbocycles. The topological polar surface area (TPSA) is 67.2 Å². The molecule has 124 valence electrons. The van der Waals surface area contributed by atoms with Gasteiger partial charge < -0.3 is 10.4 Å². The Balaban J connectivity index is 1.70. The van der Waals surface area contributed by atoms with Gasteiger partial charge in [-0.1, -0.05) is 23.7 Å². The van der Waals surface area contributed by atoms with Crippen LogP contribution in [0.15, 0.2) is 30.3 Å². The molecule has 0 saturated heterocycles. The largest absolute Gasteiger partial charge is 0.388 e. The monoisotopic (exact) mass is 335 g/mol. The Morgan fingerprint density at radius 1 is 1.35 bits per heavy atom. The molecule has 0 aliphatic carbocycles. The first-order chi connectivity index (χ1) is 11.0. The van der Waals surface area contributed by atoms with Crippen LogP contribution in [0.4, 0.5) is 0 Å². The van der Waals surface area contributed by atoms with Crippen LogP contribution in [-0.2, 0) is 11.3 Å². The third kappa shape index (κ3) is 5.37. The third-order valence-electron chi connectivity index (χ3n) is 3.61.